The SMILES string of the molecule is CC(=O)Cc1ccc(Sc2nc(Nc3cc(C)[nH]n3)c(C)c(N3CCN(C(=O)CCN(C)C)CC3)n2)cc1. The summed E-state index contributed by atoms with van der Waals surface area (Å²) in [4.78, 5) is 41.0. The van der Waals surface area contributed by atoms with Gasteiger partial charge in [-0.25, -0.2) is 9.97 Å². The highest BCUT2D eigenvalue weighted by Gasteiger charge is 2.25. The molecule has 38 heavy (non-hydrogen) atoms. The molecular formula is C27H36N8O2S. The molecule has 0 radical (unpaired) electrons. The number of carbonyl (C=O) groups is 2. The van der Waals surface area contributed by atoms with Crippen molar-refractivity contribution in [3.63, 3.8) is 0 Å². The largest absolute Gasteiger partial charge is 0.353 e. The van der Waals surface area contributed by atoms with Gasteiger partial charge in [0.1, 0.15) is 17.4 Å². The number of H-pyrrole nitrogens is 1. The summed E-state index contributed by atoms with van der Waals surface area (Å²) in [7, 11) is 3.96. The fourth-order valence-electron chi connectivity index (χ4n) is 4.28. The molecule has 0 aliphatic carbocycles. The van der Waals surface area contributed by atoms with E-state index in [0.29, 0.717) is 55.8 Å². The Bertz CT molecular complexity index is 1270. The van der Waals surface area contributed by atoms with Crippen LogP contribution in [0.15, 0.2) is 40.4 Å². The lowest BCUT2D eigenvalue weighted by atomic mass is 10.1. The van der Waals surface area contributed by atoms with Gasteiger partial charge in [0.25, 0.3) is 0 Å². The zero-order valence-electron chi connectivity index (χ0n) is 22.7. The minimum atomic E-state index is 0.140. The number of carbonyl (C=O) groups excluding carboxylic acids is 2. The minimum absolute atomic E-state index is 0.140. The number of hydrogen-bond acceptors (Lipinski definition) is 9. The molecule has 3 aromatic rings. The number of amides is 1. The second-order valence-electron chi connectivity index (χ2n) is 9.91. The van der Waals surface area contributed by atoms with E-state index in [2.05, 4.69) is 20.4 Å². The van der Waals surface area contributed by atoms with Gasteiger partial charge in [-0.3, -0.25) is 14.7 Å². The van der Waals surface area contributed by atoms with E-state index in [1.54, 1.807) is 6.92 Å². The Morgan fingerprint density at radius 3 is 2.39 bits per heavy atom. The van der Waals surface area contributed by atoms with E-state index in [4.69, 9.17) is 9.97 Å². The average molecular weight is 537 g/mol. The van der Waals surface area contributed by atoms with Gasteiger partial charge in [-0.15, -0.1) is 0 Å². The van der Waals surface area contributed by atoms with Crippen molar-refractivity contribution < 1.29 is 9.59 Å². The third-order valence-electron chi connectivity index (χ3n) is 6.34. The first-order valence-electron chi connectivity index (χ1n) is 12.8. The third-order valence-corrected chi connectivity index (χ3v) is 7.22. The van der Waals surface area contributed by atoms with Gasteiger partial charge in [-0.1, -0.05) is 12.1 Å². The molecule has 1 aromatic carbocycles. The molecule has 2 N–H and O–H groups in total. The van der Waals surface area contributed by atoms with Crippen LogP contribution in [-0.2, 0) is 16.0 Å². The van der Waals surface area contributed by atoms with Gasteiger partial charge in [-0.05, 0) is 64.3 Å². The number of aromatic nitrogens is 4. The number of rotatable bonds is 10. The Labute approximate surface area is 228 Å². The van der Waals surface area contributed by atoms with Gasteiger partial charge in [-0.2, -0.15) is 5.10 Å². The van der Waals surface area contributed by atoms with E-state index in [0.717, 1.165) is 34.1 Å². The number of nitrogens with one attached hydrogen (secondary N) is 2. The number of piperazine rings is 1. The Hall–Kier alpha value is -3.44. The molecule has 4 rings (SSSR count). The number of anilines is 3. The Balaban J connectivity index is 1.55. The molecule has 0 bridgehead atoms. The molecule has 0 spiro atoms. The summed E-state index contributed by atoms with van der Waals surface area (Å²) >= 11 is 1.48. The first-order chi connectivity index (χ1) is 18.2. The number of Topliss-reactive ketones (excluding diaryl/α,β-unsaturated/α-hetero) is 1. The summed E-state index contributed by atoms with van der Waals surface area (Å²) in [5.74, 6) is 2.57. The zero-order valence-corrected chi connectivity index (χ0v) is 23.6. The van der Waals surface area contributed by atoms with Gasteiger partial charge in [0.05, 0.1) is 0 Å². The molecule has 1 fully saturated rings. The quantitative estimate of drug-likeness (QED) is 0.377. The van der Waals surface area contributed by atoms with Crippen LogP contribution in [0.25, 0.3) is 0 Å². The smallest absolute Gasteiger partial charge is 0.223 e. The third kappa shape index (κ3) is 7.32. The molecule has 2 aromatic heterocycles. The van der Waals surface area contributed by atoms with Gasteiger partial charge in [0, 0.05) is 67.8 Å². The van der Waals surface area contributed by atoms with Crippen LogP contribution in [0.4, 0.5) is 17.5 Å². The molecule has 1 aliphatic heterocycles. The van der Waals surface area contributed by atoms with E-state index in [9.17, 15) is 9.59 Å². The van der Waals surface area contributed by atoms with Crippen molar-refractivity contribution in [1.82, 2.24) is 30.0 Å². The van der Waals surface area contributed by atoms with E-state index in [1.807, 2.05) is 68.1 Å². The topological polar surface area (TPSA) is 110 Å². The van der Waals surface area contributed by atoms with E-state index in [-0.39, 0.29) is 11.7 Å². The maximum atomic E-state index is 12.6. The summed E-state index contributed by atoms with van der Waals surface area (Å²) in [6.45, 7) is 9.05. The highest BCUT2D eigenvalue weighted by molar-refractivity contribution is 7.99. The van der Waals surface area contributed by atoms with Gasteiger partial charge in [0.2, 0.25) is 5.91 Å². The van der Waals surface area contributed by atoms with Crippen LogP contribution in [-0.4, -0.2) is 88.5 Å². The molecule has 11 heteroatoms. The van der Waals surface area contributed by atoms with E-state index in [1.165, 1.54) is 11.8 Å². The Morgan fingerprint density at radius 2 is 1.79 bits per heavy atom. The second kappa shape index (κ2) is 12.4. The maximum Gasteiger partial charge on any atom is 0.223 e. The molecule has 3 heterocycles. The number of hydrogen-bond donors (Lipinski definition) is 2. The fraction of sp³-hybridized carbons (Fsp3) is 0.444. The Kier molecular flexibility index (Phi) is 9.01. The molecule has 0 unspecified atom stereocenters. The van der Waals surface area contributed by atoms with Gasteiger partial charge >= 0.3 is 0 Å². The van der Waals surface area contributed by atoms with Crippen molar-refractivity contribution in [2.45, 2.75) is 43.7 Å². The van der Waals surface area contributed by atoms with Crippen LogP contribution in [0, 0.1) is 13.8 Å². The summed E-state index contributed by atoms with van der Waals surface area (Å²) in [5.41, 5.74) is 2.87. The predicted molar refractivity (Wildman–Crippen MR) is 150 cm³/mol. The van der Waals surface area contributed by atoms with Crippen molar-refractivity contribution in [2.75, 3.05) is 57.0 Å². The first-order valence-corrected chi connectivity index (χ1v) is 13.6. The number of benzene rings is 1. The molecule has 1 amide bonds. The normalized spacial score (nSPS) is 13.7. The van der Waals surface area contributed by atoms with Crippen molar-refractivity contribution >= 4 is 40.9 Å². The number of nitrogens with zero attached hydrogens (tertiary/aromatic N) is 6. The van der Waals surface area contributed by atoms with Crippen LogP contribution >= 0.6 is 11.8 Å². The summed E-state index contributed by atoms with van der Waals surface area (Å²) in [5, 5.41) is 11.2. The number of ketones is 1. The zero-order chi connectivity index (χ0) is 27.2. The summed E-state index contributed by atoms with van der Waals surface area (Å²) in [6.07, 6.45) is 0.958. The van der Waals surface area contributed by atoms with Crippen LogP contribution < -0.4 is 10.2 Å². The van der Waals surface area contributed by atoms with Crippen LogP contribution in [0.2, 0.25) is 0 Å². The van der Waals surface area contributed by atoms with Crippen molar-refractivity contribution in [3.05, 3.63) is 47.2 Å². The van der Waals surface area contributed by atoms with Crippen molar-refractivity contribution in [1.29, 1.82) is 0 Å². The molecule has 1 aliphatic rings. The standard InChI is InChI=1S/C27H36N8O2S/c1-18-16-23(32-31-18)28-25-20(3)26(35-14-12-34(13-15-35)24(37)10-11-33(4)5)30-27(29-25)38-22-8-6-21(7-9-22)17-19(2)36/h6-9,16H,10-15,17H2,1-5H3,(H2,28,29,30,31,32). The van der Waals surface area contributed by atoms with Crippen molar-refractivity contribution in [2.24, 2.45) is 0 Å². The van der Waals surface area contributed by atoms with Gasteiger partial charge < -0.3 is 20.0 Å². The lowest BCUT2D eigenvalue weighted by Crippen LogP contribution is -2.49. The second-order valence-corrected chi connectivity index (χ2v) is 11.0. The predicted octanol–water partition coefficient (Wildman–Crippen LogP) is 3.44. The van der Waals surface area contributed by atoms with Crippen LogP contribution in [0.5, 0.6) is 0 Å². The number of aryl methyl sites for hydroxylation is 1. The minimum Gasteiger partial charge on any atom is -0.353 e. The molecular weight excluding hydrogens is 500 g/mol. The summed E-state index contributed by atoms with van der Waals surface area (Å²) < 4.78 is 0. The Morgan fingerprint density at radius 1 is 1.08 bits per heavy atom. The summed E-state index contributed by atoms with van der Waals surface area (Å²) in [6, 6.07) is 9.86. The van der Waals surface area contributed by atoms with Gasteiger partial charge in [0.15, 0.2) is 11.0 Å². The molecule has 0 atom stereocenters. The van der Waals surface area contributed by atoms with Crippen molar-refractivity contribution in [3.8, 4) is 0 Å². The maximum absolute atomic E-state index is 12.6. The molecule has 202 valence electrons. The lowest BCUT2D eigenvalue weighted by Gasteiger charge is -2.36. The number of aromatic amines is 1. The monoisotopic (exact) mass is 536 g/mol. The first kappa shape index (κ1) is 27.6. The molecule has 0 saturated carbocycles. The average Bonchev–Trinajstić information content (AvgIpc) is 3.29. The highest BCUT2D eigenvalue weighted by Crippen LogP contribution is 2.33. The van der Waals surface area contributed by atoms with Crippen LogP contribution in [0.1, 0.15) is 30.2 Å². The van der Waals surface area contributed by atoms with E-state index >= 15 is 0 Å². The molecule has 1 saturated heterocycles. The van der Waals surface area contributed by atoms with E-state index < -0.39 is 0 Å². The highest BCUT2D eigenvalue weighted by atomic mass is 32.2. The fourth-order valence-corrected chi connectivity index (χ4v) is 5.03. The van der Waals surface area contributed by atoms with Crippen LogP contribution in [0.3, 0.4) is 0 Å². The lowest BCUT2D eigenvalue weighted by molar-refractivity contribution is -0.131. The molecule has 10 nitrogen and oxygen atoms in total.